The Morgan fingerprint density at radius 3 is 2.62 bits per heavy atom. The molecule has 0 spiro atoms. The minimum atomic E-state index is -0.237. The van der Waals surface area contributed by atoms with E-state index >= 15 is 0 Å². The molecule has 0 aromatic heterocycles. The lowest BCUT2D eigenvalue weighted by Crippen LogP contribution is -2.42. The second-order valence-electron chi connectivity index (χ2n) is 5.07. The third-order valence-corrected chi connectivity index (χ3v) is 3.66. The molecular weight excluding hydrogens is 270 g/mol. The molecule has 1 heterocycles. The number of amides is 1. The summed E-state index contributed by atoms with van der Waals surface area (Å²) in [4.78, 5) is 25.8. The van der Waals surface area contributed by atoms with Crippen molar-refractivity contribution in [3.05, 3.63) is 29.8 Å². The number of benzene rings is 1. The first-order chi connectivity index (χ1) is 10.2. The predicted molar refractivity (Wildman–Crippen MR) is 78.3 cm³/mol. The molecule has 1 amide bonds. The lowest BCUT2D eigenvalue weighted by molar-refractivity contribution is -0.146. The molecule has 1 atom stereocenters. The maximum Gasteiger partial charge on any atom is 0.310 e. The highest BCUT2D eigenvalue weighted by atomic mass is 16.5. The molecule has 0 bridgehead atoms. The van der Waals surface area contributed by atoms with Crippen molar-refractivity contribution < 1.29 is 19.1 Å². The summed E-state index contributed by atoms with van der Waals surface area (Å²) >= 11 is 0. The molecule has 1 aromatic carbocycles. The zero-order chi connectivity index (χ0) is 15.2. The number of methoxy groups -OCH3 is 1. The molecule has 1 unspecified atom stereocenters. The van der Waals surface area contributed by atoms with Gasteiger partial charge in [-0.3, -0.25) is 9.59 Å². The monoisotopic (exact) mass is 291 g/mol. The van der Waals surface area contributed by atoms with Gasteiger partial charge in [0.15, 0.2) is 0 Å². The van der Waals surface area contributed by atoms with Crippen molar-refractivity contribution >= 4 is 11.9 Å². The molecule has 114 valence electrons. The highest BCUT2D eigenvalue weighted by Crippen LogP contribution is 2.20. The van der Waals surface area contributed by atoms with Crippen LogP contribution in [-0.2, 0) is 9.53 Å². The minimum absolute atomic E-state index is 0.0494. The third kappa shape index (κ3) is 3.74. The van der Waals surface area contributed by atoms with Crippen LogP contribution < -0.4 is 4.74 Å². The fourth-order valence-corrected chi connectivity index (χ4v) is 2.56. The molecule has 21 heavy (non-hydrogen) atoms. The predicted octanol–water partition coefficient (Wildman–Crippen LogP) is 2.11. The van der Waals surface area contributed by atoms with Gasteiger partial charge < -0.3 is 14.4 Å². The van der Waals surface area contributed by atoms with Gasteiger partial charge in [-0.15, -0.1) is 0 Å². The van der Waals surface area contributed by atoms with Crippen molar-refractivity contribution in [2.75, 3.05) is 26.8 Å². The van der Waals surface area contributed by atoms with Gasteiger partial charge in [0.25, 0.3) is 5.91 Å². The highest BCUT2D eigenvalue weighted by Gasteiger charge is 2.29. The fraction of sp³-hybridized carbons (Fsp3) is 0.500. The zero-order valence-electron chi connectivity index (χ0n) is 12.5. The zero-order valence-corrected chi connectivity index (χ0v) is 12.5. The van der Waals surface area contributed by atoms with Crippen molar-refractivity contribution in [2.45, 2.75) is 19.8 Å². The first kappa shape index (κ1) is 15.4. The molecule has 0 radical (unpaired) electrons. The summed E-state index contributed by atoms with van der Waals surface area (Å²) in [6.45, 7) is 3.62. The molecule has 1 fully saturated rings. The van der Waals surface area contributed by atoms with E-state index in [0.717, 1.165) is 18.6 Å². The molecule has 0 N–H and O–H groups in total. The van der Waals surface area contributed by atoms with Crippen molar-refractivity contribution in [2.24, 2.45) is 5.92 Å². The molecule has 5 heteroatoms. The first-order valence-corrected chi connectivity index (χ1v) is 7.25. The van der Waals surface area contributed by atoms with E-state index < -0.39 is 0 Å². The fourth-order valence-electron chi connectivity index (χ4n) is 2.56. The summed E-state index contributed by atoms with van der Waals surface area (Å²) in [6, 6.07) is 7.10. The summed E-state index contributed by atoms with van der Waals surface area (Å²) in [7, 11) is 1.38. The molecule has 5 nitrogen and oxygen atoms in total. The van der Waals surface area contributed by atoms with Gasteiger partial charge in [0.05, 0.1) is 19.6 Å². The summed E-state index contributed by atoms with van der Waals surface area (Å²) < 4.78 is 10.1. The Hall–Kier alpha value is -2.04. The summed E-state index contributed by atoms with van der Waals surface area (Å²) in [5, 5.41) is 0. The van der Waals surface area contributed by atoms with Crippen LogP contribution in [0.4, 0.5) is 0 Å². The summed E-state index contributed by atoms with van der Waals surface area (Å²) in [6.07, 6.45) is 1.60. The molecule has 1 aromatic rings. The number of nitrogens with zero attached hydrogens (tertiary/aromatic N) is 1. The summed E-state index contributed by atoms with van der Waals surface area (Å²) in [5.74, 6) is 0.251. The average molecular weight is 291 g/mol. The van der Waals surface area contributed by atoms with Crippen LogP contribution in [0.2, 0.25) is 0 Å². The van der Waals surface area contributed by atoms with Gasteiger partial charge in [-0.25, -0.2) is 0 Å². The van der Waals surface area contributed by atoms with Gasteiger partial charge in [-0.1, -0.05) is 0 Å². The lowest BCUT2D eigenvalue weighted by atomic mass is 9.97. The second kappa shape index (κ2) is 7.11. The largest absolute Gasteiger partial charge is 0.494 e. The Labute approximate surface area is 124 Å². The van der Waals surface area contributed by atoms with Crippen LogP contribution in [0.5, 0.6) is 5.75 Å². The number of hydrogen-bond acceptors (Lipinski definition) is 4. The second-order valence-corrected chi connectivity index (χ2v) is 5.07. The van der Waals surface area contributed by atoms with Gasteiger partial charge in [-0.2, -0.15) is 0 Å². The summed E-state index contributed by atoms with van der Waals surface area (Å²) in [5.41, 5.74) is 0.615. The van der Waals surface area contributed by atoms with Crippen molar-refractivity contribution in [1.29, 1.82) is 0 Å². The van der Waals surface area contributed by atoms with E-state index in [-0.39, 0.29) is 17.8 Å². The minimum Gasteiger partial charge on any atom is -0.494 e. The van der Waals surface area contributed by atoms with Crippen LogP contribution in [0.1, 0.15) is 30.1 Å². The molecule has 1 aliphatic heterocycles. The maximum atomic E-state index is 12.5. The SMILES string of the molecule is CCOc1ccc(C(=O)N2CCCC(C(=O)OC)C2)cc1. The van der Waals surface area contributed by atoms with Gasteiger partial charge >= 0.3 is 5.97 Å². The average Bonchev–Trinajstić information content (AvgIpc) is 2.54. The van der Waals surface area contributed by atoms with Crippen molar-refractivity contribution in [1.82, 2.24) is 4.90 Å². The van der Waals surface area contributed by atoms with E-state index in [1.807, 2.05) is 6.92 Å². The number of carbonyl (C=O) groups excluding carboxylic acids is 2. The third-order valence-electron chi connectivity index (χ3n) is 3.66. The standard InChI is InChI=1S/C16H21NO4/c1-3-21-14-8-6-12(7-9-14)15(18)17-10-4-5-13(11-17)16(19)20-2/h6-9,13H,3-5,10-11H2,1-2H3. The van der Waals surface area contributed by atoms with Crippen molar-refractivity contribution in [3.8, 4) is 5.75 Å². The Kier molecular flexibility index (Phi) is 5.20. The molecule has 1 saturated heterocycles. The molecule has 2 rings (SSSR count). The Morgan fingerprint density at radius 2 is 2.00 bits per heavy atom. The maximum absolute atomic E-state index is 12.5. The molecular formula is C16H21NO4. The number of rotatable bonds is 4. The van der Waals surface area contributed by atoms with Crippen LogP contribution in [0.3, 0.4) is 0 Å². The molecule has 1 aliphatic rings. The number of likely N-dealkylation sites (tertiary alicyclic amines) is 1. The van der Waals surface area contributed by atoms with Gasteiger partial charge in [0.1, 0.15) is 5.75 Å². The van der Waals surface area contributed by atoms with Gasteiger partial charge in [-0.05, 0) is 44.0 Å². The van der Waals surface area contributed by atoms with Gasteiger partial charge in [0.2, 0.25) is 0 Å². The van der Waals surface area contributed by atoms with Crippen LogP contribution in [0.15, 0.2) is 24.3 Å². The number of esters is 1. The molecule has 0 aliphatic carbocycles. The van der Waals surface area contributed by atoms with E-state index in [1.54, 1.807) is 29.2 Å². The van der Waals surface area contributed by atoms with Crippen LogP contribution >= 0.6 is 0 Å². The van der Waals surface area contributed by atoms with Crippen LogP contribution in [0.25, 0.3) is 0 Å². The number of carbonyl (C=O) groups is 2. The Balaban J connectivity index is 2.03. The van der Waals surface area contributed by atoms with Gasteiger partial charge in [0, 0.05) is 18.7 Å². The smallest absolute Gasteiger partial charge is 0.310 e. The highest BCUT2D eigenvalue weighted by molar-refractivity contribution is 5.94. The number of ether oxygens (including phenoxy) is 2. The van der Waals surface area contributed by atoms with Crippen LogP contribution in [0, 0.1) is 5.92 Å². The number of piperidine rings is 1. The van der Waals surface area contributed by atoms with E-state index in [1.165, 1.54) is 7.11 Å². The number of hydrogen-bond donors (Lipinski definition) is 0. The quantitative estimate of drug-likeness (QED) is 0.797. The Morgan fingerprint density at radius 1 is 1.29 bits per heavy atom. The van der Waals surface area contributed by atoms with E-state index in [2.05, 4.69) is 0 Å². The Bertz CT molecular complexity index is 498. The normalized spacial score (nSPS) is 18.2. The first-order valence-electron chi connectivity index (χ1n) is 7.25. The lowest BCUT2D eigenvalue weighted by Gasteiger charge is -2.31. The van der Waals surface area contributed by atoms with E-state index in [0.29, 0.717) is 25.3 Å². The topological polar surface area (TPSA) is 55.8 Å². The van der Waals surface area contributed by atoms with Crippen molar-refractivity contribution in [3.63, 3.8) is 0 Å². The molecule has 0 saturated carbocycles. The van der Waals surface area contributed by atoms with E-state index in [9.17, 15) is 9.59 Å². The van der Waals surface area contributed by atoms with Crippen LogP contribution in [-0.4, -0.2) is 43.6 Å². The van der Waals surface area contributed by atoms with E-state index in [4.69, 9.17) is 9.47 Å².